The molecule has 7 heteroatoms. The maximum atomic E-state index is 5.32. The van der Waals surface area contributed by atoms with Gasteiger partial charge in [0.1, 0.15) is 11.5 Å². The molecule has 0 radical (unpaired) electrons. The third-order valence-corrected chi connectivity index (χ3v) is 3.95. The van der Waals surface area contributed by atoms with Crippen molar-refractivity contribution in [3.8, 4) is 22.9 Å². The minimum atomic E-state index is 0.415. The first-order chi connectivity index (χ1) is 12.7. The van der Waals surface area contributed by atoms with Gasteiger partial charge in [0.15, 0.2) is 5.82 Å². The van der Waals surface area contributed by atoms with Gasteiger partial charge in [-0.1, -0.05) is 18.2 Å². The Morgan fingerprint density at radius 1 is 1.08 bits per heavy atom. The van der Waals surface area contributed by atoms with Crippen molar-refractivity contribution in [2.24, 2.45) is 5.10 Å². The second-order valence-electron chi connectivity index (χ2n) is 5.26. The molecule has 0 aliphatic rings. The van der Waals surface area contributed by atoms with Gasteiger partial charge in [-0.15, -0.1) is 0 Å². The smallest absolute Gasteiger partial charge is 0.216 e. The van der Waals surface area contributed by atoms with Crippen LogP contribution in [0.4, 0.5) is 0 Å². The molecule has 3 rings (SSSR count). The summed E-state index contributed by atoms with van der Waals surface area (Å²) in [6.45, 7) is 0. The molecule has 3 aromatic rings. The quantitative estimate of drug-likeness (QED) is 0.525. The number of ether oxygens (including phenoxy) is 2. The van der Waals surface area contributed by atoms with Gasteiger partial charge in [-0.25, -0.2) is 5.10 Å². The minimum absolute atomic E-state index is 0.415. The first-order valence-corrected chi connectivity index (χ1v) is 8.29. The Morgan fingerprint density at radius 3 is 2.58 bits per heavy atom. The number of hydrogen-bond donors (Lipinski definition) is 1. The molecule has 0 bridgehead atoms. The molecule has 0 aliphatic heterocycles. The Morgan fingerprint density at radius 2 is 1.85 bits per heavy atom. The minimum Gasteiger partial charge on any atom is -0.497 e. The molecule has 0 atom stereocenters. The van der Waals surface area contributed by atoms with Gasteiger partial charge in [0, 0.05) is 17.3 Å². The van der Waals surface area contributed by atoms with Crippen molar-refractivity contribution in [1.82, 2.24) is 14.9 Å². The molecule has 0 aliphatic carbocycles. The molecule has 2 aromatic carbocycles. The van der Waals surface area contributed by atoms with Crippen molar-refractivity contribution in [3.63, 3.8) is 0 Å². The van der Waals surface area contributed by atoms with E-state index >= 15 is 0 Å². The van der Waals surface area contributed by atoms with Crippen LogP contribution in [0.15, 0.2) is 59.7 Å². The second-order valence-corrected chi connectivity index (χ2v) is 5.64. The van der Waals surface area contributed by atoms with Crippen molar-refractivity contribution in [1.29, 1.82) is 0 Å². The van der Waals surface area contributed by atoms with E-state index in [0.717, 1.165) is 22.6 Å². The maximum Gasteiger partial charge on any atom is 0.216 e. The summed E-state index contributed by atoms with van der Waals surface area (Å²) in [6.07, 6.45) is 5.40. The highest BCUT2D eigenvalue weighted by Gasteiger charge is 2.07. The summed E-state index contributed by atoms with van der Waals surface area (Å²) in [5.74, 6) is 2.20. The fourth-order valence-electron chi connectivity index (χ4n) is 2.38. The lowest BCUT2D eigenvalue weighted by atomic mass is 10.2. The Bertz CT molecular complexity index is 987. The third-order valence-electron chi connectivity index (χ3n) is 3.68. The van der Waals surface area contributed by atoms with Crippen LogP contribution in [0.2, 0.25) is 0 Å². The van der Waals surface area contributed by atoms with Crippen LogP contribution in [-0.4, -0.2) is 35.3 Å². The monoisotopic (exact) mass is 366 g/mol. The second kappa shape index (κ2) is 8.26. The molecule has 132 valence electrons. The molecule has 0 unspecified atom stereocenters. The van der Waals surface area contributed by atoms with Gasteiger partial charge in [0.05, 0.1) is 14.2 Å². The SMILES string of the molecule is COc1ccc(-c2n[nH]c(=S)n2N=C/C=C\c2ccccc2OC)cc1. The van der Waals surface area contributed by atoms with E-state index in [1.54, 1.807) is 25.1 Å². The summed E-state index contributed by atoms with van der Waals surface area (Å²) in [7, 11) is 3.27. The van der Waals surface area contributed by atoms with Gasteiger partial charge in [0.25, 0.3) is 0 Å². The van der Waals surface area contributed by atoms with Gasteiger partial charge in [-0.3, -0.25) is 0 Å². The molecule has 26 heavy (non-hydrogen) atoms. The first-order valence-electron chi connectivity index (χ1n) is 7.89. The van der Waals surface area contributed by atoms with E-state index in [-0.39, 0.29) is 0 Å². The summed E-state index contributed by atoms with van der Waals surface area (Å²) in [5.41, 5.74) is 1.84. The Labute approximate surface area is 156 Å². The van der Waals surface area contributed by atoms with E-state index in [1.807, 2.05) is 60.7 Å². The fourth-order valence-corrected chi connectivity index (χ4v) is 2.56. The predicted octanol–water partition coefficient (Wildman–Crippen LogP) is 4.17. The molecule has 1 heterocycles. The van der Waals surface area contributed by atoms with Gasteiger partial charge in [-0.2, -0.15) is 14.9 Å². The lowest BCUT2D eigenvalue weighted by Crippen LogP contribution is -1.94. The zero-order valence-corrected chi connectivity index (χ0v) is 15.2. The Balaban J connectivity index is 1.83. The van der Waals surface area contributed by atoms with Gasteiger partial charge < -0.3 is 9.47 Å². The number of hydrogen-bond acceptors (Lipinski definition) is 5. The number of H-pyrrole nitrogens is 1. The molecule has 0 saturated carbocycles. The van der Waals surface area contributed by atoms with Crippen LogP contribution in [0.5, 0.6) is 11.5 Å². The molecule has 1 N–H and O–H groups in total. The van der Waals surface area contributed by atoms with Crippen molar-refractivity contribution in [3.05, 3.63) is 64.9 Å². The highest BCUT2D eigenvalue weighted by atomic mass is 32.1. The van der Waals surface area contributed by atoms with Crippen molar-refractivity contribution >= 4 is 24.5 Å². The molecule has 0 fully saturated rings. The van der Waals surface area contributed by atoms with Crippen LogP contribution in [0, 0.1) is 4.77 Å². The largest absolute Gasteiger partial charge is 0.497 e. The molecule has 0 amide bonds. The van der Waals surface area contributed by atoms with Crippen molar-refractivity contribution in [2.45, 2.75) is 0 Å². The number of benzene rings is 2. The number of aromatic nitrogens is 3. The van der Waals surface area contributed by atoms with Crippen LogP contribution in [0.25, 0.3) is 17.5 Å². The van der Waals surface area contributed by atoms with Gasteiger partial charge in [-0.05, 0) is 54.7 Å². The van der Waals surface area contributed by atoms with Gasteiger partial charge >= 0.3 is 0 Å². The van der Waals surface area contributed by atoms with Crippen LogP contribution < -0.4 is 9.47 Å². The highest BCUT2D eigenvalue weighted by Crippen LogP contribution is 2.21. The number of allylic oxidation sites excluding steroid dienone is 1. The topological polar surface area (TPSA) is 64.4 Å². The number of rotatable bonds is 6. The number of para-hydroxylation sites is 1. The normalized spacial score (nSPS) is 11.3. The number of methoxy groups -OCH3 is 2. The predicted molar refractivity (Wildman–Crippen MR) is 105 cm³/mol. The molecular weight excluding hydrogens is 348 g/mol. The molecular formula is C19H18N4O2S. The van der Waals surface area contributed by atoms with E-state index in [1.165, 1.54) is 0 Å². The van der Waals surface area contributed by atoms with Gasteiger partial charge in [0.2, 0.25) is 4.77 Å². The average Bonchev–Trinajstić information content (AvgIpc) is 3.06. The molecule has 0 saturated heterocycles. The Hall–Kier alpha value is -3.19. The lowest BCUT2D eigenvalue weighted by molar-refractivity contribution is 0.414. The van der Waals surface area contributed by atoms with Crippen LogP contribution >= 0.6 is 12.2 Å². The lowest BCUT2D eigenvalue weighted by Gasteiger charge is -2.03. The van der Waals surface area contributed by atoms with Crippen LogP contribution in [0.3, 0.4) is 0 Å². The molecule has 0 spiro atoms. The molecule has 1 aromatic heterocycles. The molecule has 6 nitrogen and oxygen atoms in total. The Kier molecular flexibility index (Phi) is 5.60. The number of nitrogens with one attached hydrogen (secondary N) is 1. The van der Waals surface area contributed by atoms with Crippen LogP contribution in [-0.2, 0) is 0 Å². The van der Waals surface area contributed by atoms with E-state index in [4.69, 9.17) is 21.7 Å². The highest BCUT2D eigenvalue weighted by molar-refractivity contribution is 7.71. The summed E-state index contributed by atoms with van der Waals surface area (Å²) >= 11 is 5.27. The van der Waals surface area contributed by atoms with Crippen molar-refractivity contribution < 1.29 is 9.47 Å². The zero-order chi connectivity index (χ0) is 18.4. The summed E-state index contributed by atoms with van der Waals surface area (Å²) in [6, 6.07) is 15.3. The van der Waals surface area contributed by atoms with Crippen molar-refractivity contribution in [2.75, 3.05) is 14.2 Å². The van der Waals surface area contributed by atoms with E-state index in [9.17, 15) is 0 Å². The first kappa shape index (κ1) is 17.6. The maximum absolute atomic E-state index is 5.32. The summed E-state index contributed by atoms with van der Waals surface area (Å²) in [4.78, 5) is 0. The summed E-state index contributed by atoms with van der Waals surface area (Å²) < 4.78 is 12.5. The summed E-state index contributed by atoms with van der Waals surface area (Å²) in [5, 5.41) is 11.4. The third kappa shape index (κ3) is 3.89. The average molecular weight is 366 g/mol. The van der Waals surface area contributed by atoms with Crippen LogP contribution in [0.1, 0.15) is 5.56 Å². The van der Waals surface area contributed by atoms with E-state index in [0.29, 0.717) is 10.6 Å². The fraction of sp³-hybridized carbons (Fsp3) is 0.105. The van der Waals surface area contributed by atoms with E-state index in [2.05, 4.69) is 15.3 Å². The van der Waals surface area contributed by atoms with E-state index < -0.39 is 0 Å². The number of aromatic amines is 1. The standard InChI is InChI=1S/C19H18N4O2S/c1-24-16-11-9-15(10-12-16)18-21-22-19(26)23(18)20-13-5-7-14-6-3-4-8-17(14)25-2/h3-13H,1-2H3,(H,22,26)/b7-5-,20-13?. The number of nitrogens with zero attached hydrogens (tertiary/aromatic N) is 3. The zero-order valence-electron chi connectivity index (χ0n) is 14.4.